The predicted octanol–water partition coefficient (Wildman–Crippen LogP) is 7.23. The van der Waals surface area contributed by atoms with E-state index < -0.39 is 0 Å². The molecule has 0 aliphatic heterocycles. The summed E-state index contributed by atoms with van der Waals surface area (Å²) in [4.78, 5) is 17.9. The Bertz CT molecular complexity index is 1430. The van der Waals surface area contributed by atoms with Crippen molar-refractivity contribution in [2.24, 2.45) is 5.92 Å². The number of halogens is 1. The SMILES string of the molecule is COc1cc(-c2nc3ccc(Br)cn3c2NC2CCCCC2)ccc1OC(=O)C1CC1c1ccccc1. The topological polar surface area (TPSA) is 64.9 Å². The third-order valence-corrected chi connectivity index (χ3v) is 7.97. The lowest BCUT2D eigenvalue weighted by Crippen LogP contribution is -2.23. The number of hydrogen-bond acceptors (Lipinski definition) is 5. The van der Waals surface area contributed by atoms with Crippen LogP contribution in [0.15, 0.2) is 71.3 Å². The monoisotopic (exact) mass is 559 g/mol. The molecular formula is C30H30BrN3O3. The molecule has 2 unspecified atom stereocenters. The van der Waals surface area contributed by atoms with Gasteiger partial charge in [0.1, 0.15) is 17.2 Å². The Morgan fingerprint density at radius 2 is 1.84 bits per heavy atom. The van der Waals surface area contributed by atoms with Crippen LogP contribution in [0.4, 0.5) is 5.82 Å². The van der Waals surface area contributed by atoms with Gasteiger partial charge < -0.3 is 14.8 Å². The van der Waals surface area contributed by atoms with E-state index >= 15 is 0 Å². The minimum Gasteiger partial charge on any atom is -0.493 e. The predicted molar refractivity (Wildman–Crippen MR) is 148 cm³/mol. The molecule has 7 heteroatoms. The van der Waals surface area contributed by atoms with Crippen LogP contribution in [0, 0.1) is 5.92 Å². The number of methoxy groups -OCH3 is 1. The van der Waals surface area contributed by atoms with Gasteiger partial charge >= 0.3 is 5.97 Å². The Labute approximate surface area is 225 Å². The lowest BCUT2D eigenvalue weighted by Gasteiger charge is -2.24. The minimum atomic E-state index is -0.211. The van der Waals surface area contributed by atoms with Crippen LogP contribution in [0.5, 0.6) is 11.5 Å². The van der Waals surface area contributed by atoms with Crippen LogP contribution in [0.25, 0.3) is 16.9 Å². The first-order chi connectivity index (χ1) is 18.1. The highest BCUT2D eigenvalue weighted by atomic mass is 79.9. The molecule has 0 saturated heterocycles. The Morgan fingerprint density at radius 1 is 1.03 bits per heavy atom. The molecule has 2 aromatic carbocycles. The van der Waals surface area contributed by atoms with Crippen molar-refractivity contribution in [1.82, 2.24) is 9.38 Å². The maximum atomic E-state index is 12.9. The average molecular weight is 560 g/mol. The van der Waals surface area contributed by atoms with Gasteiger partial charge in [-0.15, -0.1) is 0 Å². The summed E-state index contributed by atoms with van der Waals surface area (Å²) in [5, 5.41) is 3.78. The van der Waals surface area contributed by atoms with Crippen LogP contribution in [0.2, 0.25) is 0 Å². The van der Waals surface area contributed by atoms with Crippen molar-refractivity contribution in [3.63, 3.8) is 0 Å². The normalized spacial score (nSPS) is 19.5. The molecule has 1 N–H and O–H groups in total. The number of esters is 1. The van der Waals surface area contributed by atoms with E-state index in [-0.39, 0.29) is 17.8 Å². The number of anilines is 1. The molecule has 6 rings (SSSR count). The number of imidazole rings is 1. The van der Waals surface area contributed by atoms with Crippen molar-refractivity contribution in [2.75, 3.05) is 12.4 Å². The molecule has 0 radical (unpaired) electrons. The number of nitrogens with zero attached hydrogens (tertiary/aromatic N) is 2. The van der Waals surface area contributed by atoms with Gasteiger partial charge in [0.05, 0.1) is 13.0 Å². The van der Waals surface area contributed by atoms with Crippen molar-refractivity contribution in [2.45, 2.75) is 50.5 Å². The molecular weight excluding hydrogens is 530 g/mol. The lowest BCUT2D eigenvalue weighted by molar-refractivity contribution is -0.136. The molecule has 6 nitrogen and oxygen atoms in total. The third kappa shape index (κ3) is 4.97. The molecule has 190 valence electrons. The molecule has 2 atom stereocenters. The van der Waals surface area contributed by atoms with Crippen LogP contribution >= 0.6 is 15.9 Å². The quantitative estimate of drug-likeness (QED) is 0.191. The van der Waals surface area contributed by atoms with Gasteiger partial charge in [-0.3, -0.25) is 9.20 Å². The standard InChI is InChI=1S/C30H30BrN3O3/c1-36-26-16-20(12-14-25(26)37-30(35)24-17-23(24)19-8-4-2-5-9-19)28-29(32-22-10-6-3-7-11-22)34-18-21(31)13-15-27(34)33-28/h2,4-5,8-9,12-16,18,22-24,32H,3,6-7,10-11,17H2,1H3. The number of fused-ring (bicyclic) bond motifs is 1. The summed E-state index contributed by atoms with van der Waals surface area (Å²) in [5.74, 6) is 1.82. The zero-order valence-electron chi connectivity index (χ0n) is 20.8. The molecule has 0 spiro atoms. The smallest absolute Gasteiger partial charge is 0.315 e. The van der Waals surface area contributed by atoms with Crippen molar-refractivity contribution in [3.8, 4) is 22.8 Å². The third-order valence-electron chi connectivity index (χ3n) is 7.50. The highest BCUT2D eigenvalue weighted by Crippen LogP contribution is 2.48. The highest BCUT2D eigenvalue weighted by Gasteiger charge is 2.45. The second kappa shape index (κ2) is 10.2. The Morgan fingerprint density at radius 3 is 2.62 bits per heavy atom. The van der Waals surface area contributed by atoms with Crippen LogP contribution in [-0.4, -0.2) is 28.5 Å². The van der Waals surface area contributed by atoms with Crippen molar-refractivity contribution >= 4 is 33.4 Å². The Kier molecular flexibility index (Phi) is 6.63. The Balaban J connectivity index is 1.28. The first kappa shape index (κ1) is 24.0. The van der Waals surface area contributed by atoms with E-state index in [9.17, 15) is 4.79 Å². The lowest BCUT2D eigenvalue weighted by atomic mass is 9.95. The van der Waals surface area contributed by atoms with Gasteiger partial charge in [-0.25, -0.2) is 4.98 Å². The van der Waals surface area contributed by atoms with Crippen LogP contribution in [-0.2, 0) is 4.79 Å². The molecule has 2 heterocycles. The second-order valence-electron chi connectivity index (χ2n) is 10.0. The van der Waals surface area contributed by atoms with Crippen molar-refractivity contribution in [3.05, 3.63) is 76.9 Å². The summed E-state index contributed by atoms with van der Waals surface area (Å²) in [7, 11) is 1.60. The maximum Gasteiger partial charge on any atom is 0.315 e. The summed E-state index contributed by atoms with van der Waals surface area (Å²) >= 11 is 3.60. The zero-order chi connectivity index (χ0) is 25.4. The molecule has 0 amide bonds. The molecule has 0 bridgehead atoms. The van der Waals surface area contributed by atoms with E-state index in [1.54, 1.807) is 7.11 Å². The summed E-state index contributed by atoms with van der Waals surface area (Å²) in [5.41, 5.74) is 3.81. The summed E-state index contributed by atoms with van der Waals surface area (Å²) in [6, 6.07) is 20.2. The van der Waals surface area contributed by atoms with Crippen LogP contribution in [0.3, 0.4) is 0 Å². The average Bonchev–Trinajstić information content (AvgIpc) is 3.67. The van der Waals surface area contributed by atoms with Crippen LogP contribution in [0.1, 0.15) is 50.0 Å². The zero-order valence-corrected chi connectivity index (χ0v) is 22.4. The summed E-state index contributed by atoms with van der Waals surface area (Å²) in [6.07, 6.45) is 8.96. The molecule has 2 aromatic heterocycles. The van der Waals surface area contributed by atoms with Gasteiger partial charge in [-0.05, 0) is 77.0 Å². The molecule has 2 fully saturated rings. The summed E-state index contributed by atoms with van der Waals surface area (Å²) < 4.78 is 14.6. The Hall–Kier alpha value is -3.32. The summed E-state index contributed by atoms with van der Waals surface area (Å²) in [6.45, 7) is 0. The van der Waals surface area contributed by atoms with Gasteiger partial charge in [0, 0.05) is 22.3 Å². The van der Waals surface area contributed by atoms with Gasteiger partial charge in [0.25, 0.3) is 0 Å². The number of nitrogens with one attached hydrogen (secondary N) is 1. The minimum absolute atomic E-state index is 0.116. The second-order valence-corrected chi connectivity index (χ2v) is 10.9. The molecule has 2 aliphatic rings. The van der Waals surface area contributed by atoms with Gasteiger partial charge in [0.15, 0.2) is 11.5 Å². The number of aromatic nitrogens is 2. The fourth-order valence-corrected chi connectivity index (χ4v) is 5.74. The van der Waals surface area contributed by atoms with E-state index in [2.05, 4.69) is 37.8 Å². The molecule has 4 aromatic rings. The number of carbonyl (C=O) groups excluding carboxylic acids is 1. The van der Waals surface area contributed by atoms with E-state index in [1.165, 1.54) is 24.8 Å². The fourth-order valence-electron chi connectivity index (χ4n) is 5.41. The highest BCUT2D eigenvalue weighted by molar-refractivity contribution is 9.10. The maximum absolute atomic E-state index is 12.9. The molecule has 37 heavy (non-hydrogen) atoms. The van der Waals surface area contributed by atoms with E-state index in [0.29, 0.717) is 17.5 Å². The van der Waals surface area contributed by atoms with Crippen LogP contribution < -0.4 is 14.8 Å². The number of benzene rings is 2. The number of ether oxygens (including phenoxy) is 2. The first-order valence-electron chi connectivity index (χ1n) is 13.0. The number of carbonyl (C=O) groups is 1. The molecule has 2 saturated carbocycles. The van der Waals surface area contributed by atoms with Gasteiger partial charge in [0.2, 0.25) is 0 Å². The van der Waals surface area contributed by atoms with E-state index in [0.717, 1.165) is 46.5 Å². The van der Waals surface area contributed by atoms with E-state index in [4.69, 9.17) is 14.5 Å². The number of hydrogen-bond donors (Lipinski definition) is 1. The van der Waals surface area contributed by atoms with Crippen molar-refractivity contribution in [1.29, 1.82) is 0 Å². The largest absolute Gasteiger partial charge is 0.493 e. The van der Waals surface area contributed by atoms with Crippen molar-refractivity contribution < 1.29 is 14.3 Å². The number of pyridine rings is 1. The van der Waals surface area contributed by atoms with Gasteiger partial charge in [-0.2, -0.15) is 0 Å². The fraction of sp³-hybridized carbons (Fsp3) is 0.333. The van der Waals surface area contributed by atoms with Gasteiger partial charge in [-0.1, -0.05) is 49.6 Å². The molecule has 2 aliphatic carbocycles. The van der Waals surface area contributed by atoms with E-state index in [1.807, 2.05) is 54.7 Å². The number of rotatable bonds is 7. The first-order valence-corrected chi connectivity index (χ1v) is 13.8.